The normalized spacial score (nSPS) is 23.3. The molecule has 2 heterocycles. The van der Waals surface area contributed by atoms with Crippen LogP contribution in [0.3, 0.4) is 0 Å². The van der Waals surface area contributed by atoms with Gasteiger partial charge < -0.3 is 10.6 Å². The number of thioether (sulfide) groups is 1. The van der Waals surface area contributed by atoms with Crippen molar-refractivity contribution in [3.63, 3.8) is 0 Å². The van der Waals surface area contributed by atoms with Gasteiger partial charge in [0.15, 0.2) is 0 Å². The van der Waals surface area contributed by atoms with E-state index in [1.807, 2.05) is 24.6 Å². The van der Waals surface area contributed by atoms with E-state index in [2.05, 4.69) is 60.0 Å². The molecule has 0 amide bonds. The Kier molecular flexibility index (Phi) is 3.51. The van der Waals surface area contributed by atoms with E-state index in [-0.39, 0.29) is 4.87 Å². The minimum absolute atomic E-state index is 0.257. The predicted molar refractivity (Wildman–Crippen MR) is 103 cm³/mol. The van der Waals surface area contributed by atoms with E-state index in [1.165, 1.54) is 16.3 Å². The number of dihydropyridines is 1. The summed E-state index contributed by atoms with van der Waals surface area (Å²) in [5, 5.41) is 9.24. The minimum Gasteiger partial charge on any atom is -0.368 e. The monoisotopic (exact) mass is 336 g/mol. The Bertz CT molecular complexity index is 876. The van der Waals surface area contributed by atoms with Crippen molar-refractivity contribution in [3.05, 3.63) is 83.9 Å². The summed E-state index contributed by atoms with van der Waals surface area (Å²) < 4.78 is 0.909. The molecule has 0 aliphatic carbocycles. The lowest BCUT2D eigenvalue weighted by Gasteiger charge is -2.26. The lowest BCUT2D eigenvalue weighted by atomic mass is 9.99. The maximum absolute atomic E-state index is 5.65. The molecule has 1 atom stereocenters. The van der Waals surface area contributed by atoms with E-state index in [4.69, 9.17) is 12.2 Å². The Morgan fingerprint density at radius 3 is 2.57 bits per heavy atom. The van der Waals surface area contributed by atoms with Crippen molar-refractivity contribution < 1.29 is 0 Å². The third kappa shape index (κ3) is 2.48. The first-order chi connectivity index (χ1) is 11.2. The van der Waals surface area contributed by atoms with Gasteiger partial charge in [-0.05, 0) is 35.4 Å². The molecule has 2 aliphatic rings. The maximum atomic E-state index is 5.65. The van der Waals surface area contributed by atoms with Crippen LogP contribution in [0.1, 0.15) is 12.5 Å². The number of hydrogen-bond donors (Lipinski definition) is 2. The van der Waals surface area contributed by atoms with Crippen molar-refractivity contribution in [2.45, 2.75) is 11.8 Å². The van der Waals surface area contributed by atoms with Gasteiger partial charge in [0.1, 0.15) is 4.87 Å². The van der Waals surface area contributed by atoms with E-state index < -0.39 is 0 Å². The van der Waals surface area contributed by atoms with Crippen molar-refractivity contribution in [2.75, 3.05) is 0 Å². The van der Waals surface area contributed by atoms with Crippen LogP contribution >= 0.6 is 24.0 Å². The molecule has 114 valence electrons. The Balaban J connectivity index is 1.83. The molecular weight excluding hydrogens is 320 g/mol. The Morgan fingerprint density at radius 2 is 1.74 bits per heavy atom. The zero-order valence-electron chi connectivity index (χ0n) is 12.7. The SMILES string of the molecule is CC1(c2cccc3ccccc23)NC(=C2C=CNC=C2)C(=S)S1. The number of benzene rings is 2. The highest BCUT2D eigenvalue weighted by Crippen LogP contribution is 2.45. The van der Waals surface area contributed by atoms with E-state index in [9.17, 15) is 0 Å². The smallest absolute Gasteiger partial charge is 0.112 e. The summed E-state index contributed by atoms with van der Waals surface area (Å²) >= 11 is 7.36. The largest absolute Gasteiger partial charge is 0.368 e. The fraction of sp³-hybridized carbons (Fsp3) is 0.105. The zero-order valence-corrected chi connectivity index (χ0v) is 14.3. The summed E-state index contributed by atoms with van der Waals surface area (Å²) in [6, 6.07) is 14.9. The third-order valence-corrected chi connectivity index (χ3v) is 5.75. The zero-order chi connectivity index (χ0) is 15.9. The lowest BCUT2D eigenvalue weighted by Crippen LogP contribution is -2.30. The second-order valence-electron chi connectivity index (χ2n) is 5.74. The van der Waals surface area contributed by atoms with Crippen LogP contribution in [0.2, 0.25) is 0 Å². The van der Waals surface area contributed by atoms with Crippen molar-refractivity contribution >= 4 is 38.9 Å². The molecule has 1 fully saturated rings. The molecule has 1 saturated heterocycles. The number of fused-ring (bicyclic) bond motifs is 1. The highest BCUT2D eigenvalue weighted by atomic mass is 32.2. The van der Waals surface area contributed by atoms with Gasteiger partial charge >= 0.3 is 0 Å². The first-order valence-corrected chi connectivity index (χ1v) is 8.73. The molecule has 0 spiro atoms. The molecule has 0 saturated carbocycles. The quantitative estimate of drug-likeness (QED) is 0.589. The average Bonchev–Trinajstić information content (AvgIpc) is 2.91. The molecule has 1 unspecified atom stereocenters. The van der Waals surface area contributed by atoms with Crippen LogP contribution in [0.15, 0.2) is 78.3 Å². The fourth-order valence-electron chi connectivity index (χ4n) is 3.06. The van der Waals surface area contributed by atoms with Gasteiger partial charge in [0.25, 0.3) is 0 Å². The number of allylic oxidation sites excluding steroid dienone is 3. The van der Waals surface area contributed by atoms with Gasteiger partial charge in [-0.1, -0.05) is 66.4 Å². The van der Waals surface area contributed by atoms with Gasteiger partial charge in [0.2, 0.25) is 0 Å². The summed E-state index contributed by atoms with van der Waals surface area (Å²) in [5.74, 6) is 0. The topological polar surface area (TPSA) is 24.1 Å². The second kappa shape index (κ2) is 5.55. The van der Waals surface area contributed by atoms with Crippen LogP contribution in [-0.2, 0) is 4.87 Å². The van der Waals surface area contributed by atoms with Gasteiger partial charge in [-0.2, -0.15) is 0 Å². The van der Waals surface area contributed by atoms with Gasteiger partial charge in [-0.3, -0.25) is 0 Å². The van der Waals surface area contributed by atoms with Crippen molar-refractivity contribution in [2.24, 2.45) is 0 Å². The summed E-state index contributed by atoms with van der Waals surface area (Å²) in [6.07, 6.45) is 7.93. The van der Waals surface area contributed by atoms with E-state index in [1.54, 1.807) is 11.8 Å². The summed E-state index contributed by atoms with van der Waals surface area (Å²) in [5.41, 5.74) is 3.42. The molecule has 2 aromatic rings. The van der Waals surface area contributed by atoms with Gasteiger partial charge in [-0.25, -0.2) is 0 Å². The van der Waals surface area contributed by atoms with Crippen LogP contribution < -0.4 is 10.6 Å². The average molecular weight is 336 g/mol. The fourth-order valence-corrected chi connectivity index (χ4v) is 4.81. The highest BCUT2D eigenvalue weighted by molar-refractivity contribution is 8.24. The van der Waals surface area contributed by atoms with Crippen molar-refractivity contribution in [1.29, 1.82) is 0 Å². The number of thiocarbonyl (C=S) groups is 1. The summed E-state index contributed by atoms with van der Waals surface area (Å²) in [6.45, 7) is 2.20. The highest BCUT2D eigenvalue weighted by Gasteiger charge is 2.39. The van der Waals surface area contributed by atoms with Crippen LogP contribution in [0.25, 0.3) is 10.8 Å². The number of rotatable bonds is 1. The molecule has 2 aromatic carbocycles. The molecule has 4 rings (SSSR count). The van der Waals surface area contributed by atoms with Gasteiger partial charge in [-0.15, -0.1) is 0 Å². The maximum Gasteiger partial charge on any atom is 0.112 e. The lowest BCUT2D eigenvalue weighted by molar-refractivity contribution is 0.624. The molecule has 2 nitrogen and oxygen atoms in total. The molecule has 2 aliphatic heterocycles. The summed E-state index contributed by atoms with van der Waals surface area (Å²) in [7, 11) is 0. The van der Waals surface area contributed by atoms with Crippen molar-refractivity contribution in [3.8, 4) is 0 Å². The molecule has 4 heteroatoms. The van der Waals surface area contributed by atoms with Crippen LogP contribution in [-0.4, -0.2) is 4.20 Å². The third-order valence-electron chi connectivity index (χ3n) is 4.17. The Labute approximate surface area is 145 Å². The van der Waals surface area contributed by atoms with E-state index in [0.717, 1.165) is 15.5 Å². The van der Waals surface area contributed by atoms with E-state index >= 15 is 0 Å². The summed E-state index contributed by atoms with van der Waals surface area (Å²) in [4.78, 5) is -0.257. The predicted octanol–water partition coefficient (Wildman–Crippen LogP) is 4.56. The van der Waals surface area contributed by atoms with Crippen molar-refractivity contribution in [1.82, 2.24) is 10.6 Å². The van der Waals surface area contributed by atoms with Crippen LogP contribution in [0, 0.1) is 0 Å². The van der Waals surface area contributed by atoms with Gasteiger partial charge in [0.05, 0.1) is 9.89 Å². The number of hydrogen-bond acceptors (Lipinski definition) is 4. The molecule has 0 aromatic heterocycles. The first-order valence-electron chi connectivity index (χ1n) is 7.51. The standard InChI is InChI=1S/C19H16N2S2/c1-19(16-8-4-6-13-5-2-3-7-15(13)16)21-17(18(22)23-19)14-9-11-20-12-10-14/h2-12,20-21H,1H3. The number of nitrogens with one attached hydrogen (secondary N) is 2. The Morgan fingerprint density at radius 1 is 1.00 bits per heavy atom. The second-order valence-corrected chi connectivity index (χ2v) is 7.83. The molecule has 2 N–H and O–H groups in total. The van der Waals surface area contributed by atoms with Crippen LogP contribution in [0.5, 0.6) is 0 Å². The molecule has 0 bridgehead atoms. The van der Waals surface area contributed by atoms with Crippen LogP contribution in [0.4, 0.5) is 0 Å². The Hall–Kier alpha value is -2.04. The molecular formula is C19H16N2S2. The van der Waals surface area contributed by atoms with Gasteiger partial charge in [0, 0.05) is 18.0 Å². The molecule has 23 heavy (non-hydrogen) atoms. The van der Waals surface area contributed by atoms with E-state index in [0.29, 0.717) is 0 Å². The molecule has 0 radical (unpaired) electrons. The minimum atomic E-state index is -0.257. The first kappa shape index (κ1) is 14.5.